The van der Waals surface area contributed by atoms with Crippen LogP contribution in [0.3, 0.4) is 0 Å². The second-order valence-electron chi connectivity index (χ2n) is 4.62. The van der Waals surface area contributed by atoms with Crippen LogP contribution in [0, 0.1) is 11.3 Å². The molecule has 1 aliphatic rings. The molecule has 0 aliphatic heterocycles. The average Bonchev–Trinajstić information content (AvgIpc) is 2.37. The standard InChI is InChI=1S/C14H17ClN2/c15-12-6-4-5-11(9-12)14(10-16)17-13-7-2-1-3-8-13/h4-6,9,13-14,17H,1-3,7-8H2. The van der Waals surface area contributed by atoms with E-state index >= 15 is 0 Å². The van der Waals surface area contributed by atoms with Gasteiger partial charge in [0.2, 0.25) is 0 Å². The lowest BCUT2D eigenvalue weighted by molar-refractivity contribution is 0.360. The van der Waals surface area contributed by atoms with Gasteiger partial charge in [0.25, 0.3) is 0 Å². The largest absolute Gasteiger partial charge is 0.295 e. The smallest absolute Gasteiger partial charge is 0.121 e. The van der Waals surface area contributed by atoms with Crippen LogP contribution in [-0.4, -0.2) is 6.04 Å². The van der Waals surface area contributed by atoms with Crippen molar-refractivity contribution in [2.75, 3.05) is 0 Å². The molecule has 0 aromatic heterocycles. The monoisotopic (exact) mass is 248 g/mol. The summed E-state index contributed by atoms with van der Waals surface area (Å²) < 4.78 is 0. The predicted octanol–water partition coefficient (Wildman–Crippen LogP) is 3.83. The van der Waals surface area contributed by atoms with Gasteiger partial charge in [0.1, 0.15) is 6.04 Å². The third kappa shape index (κ3) is 3.46. The van der Waals surface area contributed by atoms with Crippen molar-refractivity contribution in [3.8, 4) is 6.07 Å². The van der Waals surface area contributed by atoms with Gasteiger partial charge in [-0.3, -0.25) is 5.32 Å². The molecule has 1 N–H and O–H groups in total. The topological polar surface area (TPSA) is 35.8 Å². The Morgan fingerprint density at radius 3 is 2.71 bits per heavy atom. The molecule has 0 spiro atoms. The van der Waals surface area contributed by atoms with Gasteiger partial charge < -0.3 is 0 Å². The van der Waals surface area contributed by atoms with Gasteiger partial charge in [0.15, 0.2) is 0 Å². The fourth-order valence-electron chi connectivity index (χ4n) is 2.40. The highest BCUT2D eigenvalue weighted by molar-refractivity contribution is 6.30. The number of rotatable bonds is 3. The van der Waals surface area contributed by atoms with Crippen molar-refractivity contribution in [1.29, 1.82) is 5.26 Å². The summed E-state index contributed by atoms with van der Waals surface area (Å²) in [5.74, 6) is 0. The highest BCUT2D eigenvalue weighted by Crippen LogP contribution is 2.22. The fraction of sp³-hybridized carbons (Fsp3) is 0.500. The van der Waals surface area contributed by atoms with E-state index in [1.807, 2.05) is 24.3 Å². The Balaban J connectivity index is 2.03. The Labute approximate surface area is 108 Å². The van der Waals surface area contributed by atoms with Crippen LogP contribution in [0.25, 0.3) is 0 Å². The molecular weight excluding hydrogens is 232 g/mol. The normalized spacial score (nSPS) is 18.6. The van der Waals surface area contributed by atoms with Crippen LogP contribution in [0.4, 0.5) is 0 Å². The molecule has 1 aromatic rings. The van der Waals surface area contributed by atoms with E-state index in [9.17, 15) is 5.26 Å². The van der Waals surface area contributed by atoms with Gasteiger partial charge in [-0.2, -0.15) is 5.26 Å². The Morgan fingerprint density at radius 1 is 1.29 bits per heavy atom. The maximum atomic E-state index is 9.25. The molecule has 1 atom stereocenters. The first-order chi connectivity index (χ1) is 8.29. The van der Waals surface area contributed by atoms with Crippen molar-refractivity contribution in [2.24, 2.45) is 0 Å². The average molecular weight is 249 g/mol. The van der Waals surface area contributed by atoms with Gasteiger partial charge in [-0.15, -0.1) is 0 Å². The van der Waals surface area contributed by atoms with Gasteiger partial charge >= 0.3 is 0 Å². The number of benzene rings is 1. The summed E-state index contributed by atoms with van der Waals surface area (Å²) in [6.07, 6.45) is 6.22. The molecular formula is C14H17ClN2. The first-order valence-corrected chi connectivity index (χ1v) is 6.58. The second-order valence-corrected chi connectivity index (χ2v) is 5.06. The van der Waals surface area contributed by atoms with Gasteiger partial charge in [-0.05, 0) is 30.5 Å². The van der Waals surface area contributed by atoms with E-state index in [1.54, 1.807) is 0 Å². The summed E-state index contributed by atoms with van der Waals surface area (Å²) in [6, 6.07) is 10.1. The Morgan fingerprint density at radius 2 is 2.06 bits per heavy atom. The summed E-state index contributed by atoms with van der Waals surface area (Å²) in [6.45, 7) is 0. The summed E-state index contributed by atoms with van der Waals surface area (Å²) >= 11 is 5.95. The zero-order chi connectivity index (χ0) is 12.1. The molecule has 1 aliphatic carbocycles. The first kappa shape index (κ1) is 12.4. The zero-order valence-electron chi connectivity index (χ0n) is 9.82. The molecule has 0 amide bonds. The van der Waals surface area contributed by atoms with E-state index in [0.717, 1.165) is 5.56 Å². The molecule has 0 bridgehead atoms. The predicted molar refractivity (Wildman–Crippen MR) is 69.8 cm³/mol. The van der Waals surface area contributed by atoms with Crippen LogP contribution >= 0.6 is 11.6 Å². The summed E-state index contributed by atoms with van der Waals surface area (Å²) in [5.41, 5.74) is 0.963. The van der Waals surface area contributed by atoms with Gasteiger partial charge in [-0.1, -0.05) is 43.0 Å². The van der Waals surface area contributed by atoms with Crippen LogP contribution in [0.2, 0.25) is 5.02 Å². The molecule has 2 nitrogen and oxygen atoms in total. The zero-order valence-corrected chi connectivity index (χ0v) is 10.6. The van der Waals surface area contributed by atoms with Gasteiger partial charge in [-0.25, -0.2) is 0 Å². The van der Waals surface area contributed by atoms with Crippen LogP contribution < -0.4 is 5.32 Å². The maximum absolute atomic E-state index is 9.25. The lowest BCUT2D eigenvalue weighted by Crippen LogP contribution is -2.33. The molecule has 17 heavy (non-hydrogen) atoms. The number of nitriles is 1. The molecule has 1 saturated carbocycles. The van der Waals surface area contributed by atoms with Crippen LogP contribution in [0.5, 0.6) is 0 Å². The van der Waals surface area contributed by atoms with Crippen molar-refractivity contribution in [1.82, 2.24) is 5.32 Å². The lowest BCUT2D eigenvalue weighted by Gasteiger charge is -2.25. The van der Waals surface area contributed by atoms with Crippen LogP contribution in [0.15, 0.2) is 24.3 Å². The number of hydrogen-bond acceptors (Lipinski definition) is 2. The first-order valence-electron chi connectivity index (χ1n) is 6.21. The maximum Gasteiger partial charge on any atom is 0.121 e. The fourth-order valence-corrected chi connectivity index (χ4v) is 2.60. The minimum Gasteiger partial charge on any atom is -0.295 e. The molecule has 2 rings (SSSR count). The summed E-state index contributed by atoms with van der Waals surface area (Å²) in [5, 5.41) is 13.4. The third-order valence-electron chi connectivity index (χ3n) is 3.32. The Bertz CT molecular complexity index is 405. The van der Waals surface area contributed by atoms with E-state index in [-0.39, 0.29) is 6.04 Å². The van der Waals surface area contributed by atoms with Crippen LogP contribution in [-0.2, 0) is 0 Å². The Kier molecular flexibility index (Phi) is 4.42. The number of nitrogens with zero attached hydrogens (tertiary/aromatic N) is 1. The SMILES string of the molecule is N#CC(NC1CCCCC1)c1cccc(Cl)c1. The summed E-state index contributed by atoms with van der Waals surface area (Å²) in [4.78, 5) is 0. The molecule has 0 radical (unpaired) electrons. The molecule has 3 heteroatoms. The van der Waals surface area contributed by atoms with Crippen molar-refractivity contribution in [3.63, 3.8) is 0 Å². The minimum absolute atomic E-state index is 0.239. The van der Waals surface area contributed by atoms with Crippen molar-refractivity contribution >= 4 is 11.6 Å². The number of nitrogens with one attached hydrogen (secondary N) is 1. The molecule has 0 heterocycles. The lowest BCUT2D eigenvalue weighted by atomic mass is 9.94. The molecule has 90 valence electrons. The van der Waals surface area contributed by atoms with Crippen LogP contribution in [0.1, 0.15) is 43.7 Å². The number of halogens is 1. The summed E-state index contributed by atoms with van der Waals surface area (Å²) in [7, 11) is 0. The van der Waals surface area contributed by atoms with Crippen molar-refractivity contribution in [3.05, 3.63) is 34.9 Å². The van der Waals surface area contributed by atoms with Gasteiger partial charge in [0.05, 0.1) is 6.07 Å². The van der Waals surface area contributed by atoms with Crippen molar-refractivity contribution in [2.45, 2.75) is 44.2 Å². The molecule has 1 aromatic carbocycles. The highest BCUT2D eigenvalue weighted by Gasteiger charge is 2.18. The Hall–Kier alpha value is -1.04. The van der Waals surface area contributed by atoms with E-state index in [4.69, 9.17) is 11.6 Å². The van der Waals surface area contributed by atoms with Crippen molar-refractivity contribution < 1.29 is 0 Å². The number of hydrogen-bond donors (Lipinski definition) is 1. The molecule has 1 fully saturated rings. The van der Waals surface area contributed by atoms with E-state index < -0.39 is 0 Å². The van der Waals surface area contributed by atoms with E-state index in [0.29, 0.717) is 11.1 Å². The van der Waals surface area contributed by atoms with Gasteiger partial charge in [0, 0.05) is 11.1 Å². The van der Waals surface area contributed by atoms with E-state index in [2.05, 4.69) is 11.4 Å². The molecule has 0 saturated heterocycles. The highest BCUT2D eigenvalue weighted by atomic mass is 35.5. The van der Waals surface area contributed by atoms with E-state index in [1.165, 1.54) is 32.1 Å². The second kappa shape index (κ2) is 6.05. The quantitative estimate of drug-likeness (QED) is 0.883. The molecule has 1 unspecified atom stereocenters. The third-order valence-corrected chi connectivity index (χ3v) is 3.55. The minimum atomic E-state index is -0.239.